The van der Waals surface area contributed by atoms with Crippen molar-refractivity contribution < 1.29 is 0 Å². The van der Waals surface area contributed by atoms with Crippen molar-refractivity contribution in [3.63, 3.8) is 0 Å². The molecule has 0 spiro atoms. The van der Waals surface area contributed by atoms with Gasteiger partial charge in [-0.15, -0.1) is 0 Å². The third-order valence-corrected chi connectivity index (χ3v) is 3.01. The molecule has 1 rings (SSSR count). The topological polar surface area (TPSA) is 26.0 Å². The van der Waals surface area contributed by atoms with Crippen molar-refractivity contribution >= 4 is 15.9 Å². The maximum atomic E-state index is 5.96. The van der Waals surface area contributed by atoms with Gasteiger partial charge < -0.3 is 5.73 Å². The second-order valence-corrected chi connectivity index (χ2v) is 5.44. The van der Waals surface area contributed by atoms with E-state index in [1.165, 1.54) is 15.6 Å². The molecule has 0 aliphatic rings. The van der Waals surface area contributed by atoms with Crippen LogP contribution in [0.2, 0.25) is 0 Å². The normalized spacial score (nSPS) is 11.8. The predicted octanol–water partition coefficient (Wildman–Crippen LogP) is 3.43. The quantitative estimate of drug-likeness (QED) is 0.880. The molecule has 0 saturated heterocycles. The summed E-state index contributed by atoms with van der Waals surface area (Å²) in [5.41, 5.74) is 8.53. The van der Waals surface area contributed by atoms with Crippen LogP contribution in [0.1, 0.15) is 31.4 Å². The summed E-state index contributed by atoms with van der Waals surface area (Å²) in [4.78, 5) is 0. The molecule has 14 heavy (non-hydrogen) atoms. The van der Waals surface area contributed by atoms with E-state index >= 15 is 0 Å². The lowest BCUT2D eigenvalue weighted by atomic mass is 9.96. The molecule has 1 nitrogen and oxygen atoms in total. The van der Waals surface area contributed by atoms with Gasteiger partial charge >= 0.3 is 0 Å². The van der Waals surface area contributed by atoms with Crippen molar-refractivity contribution in [1.29, 1.82) is 0 Å². The minimum atomic E-state index is -0.0802. The van der Waals surface area contributed by atoms with E-state index in [2.05, 4.69) is 54.9 Å². The Hall–Kier alpha value is -0.340. The fraction of sp³-hybridized carbons (Fsp3) is 0.500. The maximum absolute atomic E-state index is 5.96. The summed E-state index contributed by atoms with van der Waals surface area (Å²) in [5, 5.41) is 0. The molecule has 0 heterocycles. The van der Waals surface area contributed by atoms with Gasteiger partial charge in [0.05, 0.1) is 0 Å². The number of nitrogens with two attached hydrogens (primary N) is 1. The van der Waals surface area contributed by atoms with E-state index in [9.17, 15) is 0 Å². The van der Waals surface area contributed by atoms with Crippen molar-refractivity contribution in [2.45, 2.75) is 39.2 Å². The summed E-state index contributed by atoms with van der Waals surface area (Å²) in [6, 6.07) is 6.44. The van der Waals surface area contributed by atoms with E-state index < -0.39 is 0 Å². The van der Waals surface area contributed by atoms with Gasteiger partial charge in [-0.3, -0.25) is 0 Å². The summed E-state index contributed by atoms with van der Waals surface area (Å²) in [7, 11) is 0. The lowest BCUT2D eigenvalue weighted by Gasteiger charge is -2.18. The summed E-state index contributed by atoms with van der Waals surface area (Å²) >= 11 is 3.56. The zero-order valence-electron chi connectivity index (χ0n) is 9.10. The molecule has 0 atom stereocenters. The highest BCUT2D eigenvalue weighted by Crippen LogP contribution is 2.21. The number of aryl methyl sites for hydroxylation is 2. The molecule has 0 aliphatic heterocycles. The minimum Gasteiger partial charge on any atom is -0.326 e. The lowest BCUT2D eigenvalue weighted by Crippen LogP contribution is -2.32. The van der Waals surface area contributed by atoms with Crippen molar-refractivity contribution in [3.05, 3.63) is 33.8 Å². The van der Waals surface area contributed by atoms with Gasteiger partial charge in [0.15, 0.2) is 0 Å². The van der Waals surface area contributed by atoms with E-state index in [-0.39, 0.29) is 5.54 Å². The van der Waals surface area contributed by atoms with Gasteiger partial charge in [-0.2, -0.15) is 0 Å². The van der Waals surface area contributed by atoms with Crippen molar-refractivity contribution in [2.75, 3.05) is 0 Å². The summed E-state index contributed by atoms with van der Waals surface area (Å²) < 4.78 is 1.19. The monoisotopic (exact) mass is 255 g/mol. The van der Waals surface area contributed by atoms with Crippen LogP contribution >= 0.6 is 15.9 Å². The molecule has 0 unspecified atom stereocenters. The number of benzene rings is 1. The van der Waals surface area contributed by atoms with Gasteiger partial charge in [0.25, 0.3) is 0 Å². The Balaban J connectivity index is 2.72. The first kappa shape index (κ1) is 11.7. The van der Waals surface area contributed by atoms with Gasteiger partial charge in [-0.1, -0.05) is 33.6 Å². The molecule has 0 aliphatic carbocycles. The highest BCUT2D eigenvalue weighted by Gasteiger charge is 2.11. The van der Waals surface area contributed by atoms with E-state index in [0.717, 1.165) is 12.8 Å². The standard InChI is InChI=1S/C12H18BrN/c1-9-4-5-11(13)10(8-9)6-7-12(2,3)14/h4-5,8H,6-7,14H2,1-3H3. The first-order valence-electron chi connectivity index (χ1n) is 4.92. The molecule has 78 valence electrons. The Morgan fingerprint density at radius 1 is 1.36 bits per heavy atom. The molecule has 2 heteroatoms. The molecule has 0 fully saturated rings. The molecular weight excluding hydrogens is 238 g/mol. The minimum absolute atomic E-state index is 0.0802. The molecule has 0 saturated carbocycles. The Bertz CT molecular complexity index is 313. The van der Waals surface area contributed by atoms with Crippen LogP contribution in [0.3, 0.4) is 0 Å². The molecule has 0 bridgehead atoms. The van der Waals surface area contributed by atoms with Crippen LogP contribution in [0.4, 0.5) is 0 Å². The number of rotatable bonds is 3. The summed E-state index contributed by atoms with van der Waals surface area (Å²) in [6.45, 7) is 6.25. The second-order valence-electron chi connectivity index (χ2n) is 4.58. The summed E-state index contributed by atoms with van der Waals surface area (Å²) in [5.74, 6) is 0. The van der Waals surface area contributed by atoms with Crippen LogP contribution in [-0.2, 0) is 6.42 Å². The highest BCUT2D eigenvalue weighted by molar-refractivity contribution is 9.10. The first-order chi connectivity index (χ1) is 6.38. The average molecular weight is 256 g/mol. The van der Waals surface area contributed by atoms with Gasteiger partial charge in [0, 0.05) is 10.0 Å². The lowest BCUT2D eigenvalue weighted by molar-refractivity contribution is 0.476. The van der Waals surface area contributed by atoms with Gasteiger partial charge in [-0.05, 0) is 45.2 Å². The fourth-order valence-electron chi connectivity index (χ4n) is 1.35. The van der Waals surface area contributed by atoms with E-state index in [1.54, 1.807) is 0 Å². The van der Waals surface area contributed by atoms with Crippen LogP contribution in [0, 0.1) is 6.92 Å². The van der Waals surface area contributed by atoms with Crippen molar-refractivity contribution in [3.8, 4) is 0 Å². The number of halogens is 1. The second kappa shape index (κ2) is 4.45. The number of hydrogen-bond acceptors (Lipinski definition) is 1. The van der Waals surface area contributed by atoms with E-state index in [1.807, 2.05) is 0 Å². The fourth-order valence-corrected chi connectivity index (χ4v) is 1.80. The third kappa shape index (κ3) is 3.81. The van der Waals surface area contributed by atoms with Crippen LogP contribution in [0.5, 0.6) is 0 Å². The zero-order valence-corrected chi connectivity index (χ0v) is 10.7. The molecule has 2 N–H and O–H groups in total. The van der Waals surface area contributed by atoms with Crippen molar-refractivity contribution in [1.82, 2.24) is 0 Å². The molecule has 0 radical (unpaired) electrons. The Morgan fingerprint density at radius 2 is 2.00 bits per heavy atom. The highest BCUT2D eigenvalue weighted by atomic mass is 79.9. The molecule has 1 aromatic rings. The molecule has 1 aromatic carbocycles. The van der Waals surface area contributed by atoms with Crippen LogP contribution < -0.4 is 5.73 Å². The largest absolute Gasteiger partial charge is 0.326 e. The molecule has 0 aromatic heterocycles. The molecular formula is C12H18BrN. The zero-order chi connectivity index (χ0) is 10.8. The Labute approximate surface area is 94.8 Å². The van der Waals surface area contributed by atoms with Gasteiger partial charge in [0.1, 0.15) is 0 Å². The van der Waals surface area contributed by atoms with Gasteiger partial charge in [-0.25, -0.2) is 0 Å². The average Bonchev–Trinajstić information content (AvgIpc) is 2.05. The van der Waals surface area contributed by atoms with Gasteiger partial charge in [0.2, 0.25) is 0 Å². The Morgan fingerprint density at radius 3 is 2.57 bits per heavy atom. The SMILES string of the molecule is Cc1ccc(Br)c(CCC(C)(C)N)c1. The van der Waals surface area contributed by atoms with E-state index in [4.69, 9.17) is 5.73 Å². The Kier molecular flexibility index (Phi) is 3.73. The summed E-state index contributed by atoms with van der Waals surface area (Å²) in [6.07, 6.45) is 2.04. The van der Waals surface area contributed by atoms with Crippen LogP contribution in [0.25, 0.3) is 0 Å². The predicted molar refractivity (Wildman–Crippen MR) is 65.5 cm³/mol. The maximum Gasteiger partial charge on any atom is 0.0207 e. The number of hydrogen-bond donors (Lipinski definition) is 1. The first-order valence-corrected chi connectivity index (χ1v) is 5.72. The molecule has 0 amide bonds. The van der Waals surface area contributed by atoms with Crippen LogP contribution in [-0.4, -0.2) is 5.54 Å². The third-order valence-electron chi connectivity index (χ3n) is 2.24. The van der Waals surface area contributed by atoms with Crippen LogP contribution in [0.15, 0.2) is 22.7 Å². The smallest absolute Gasteiger partial charge is 0.0207 e. The van der Waals surface area contributed by atoms with E-state index in [0.29, 0.717) is 0 Å². The van der Waals surface area contributed by atoms with Crippen molar-refractivity contribution in [2.24, 2.45) is 5.73 Å².